The van der Waals surface area contributed by atoms with Crippen LogP contribution >= 0.6 is 23.4 Å². The fraction of sp³-hybridized carbons (Fsp3) is 0.222. The van der Waals surface area contributed by atoms with Crippen molar-refractivity contribution >= 4 is 40.9 Å². The monoisotopic (exact) mass is 362 g/mol. The summed E-state index contributed by atoms with van der Waals surface area (Å²) >= 11 is 7.25. The first kappa shape index (κ1) is 18.4. The van der Waals surface area contributed by atoms with Gasteiger partial charge in [-0.05, 0) is 50.2 Å². The van der Waals surface area contributed by atoms with Gasteiger partial charge in [0.2, 0.25) is 5.91 Å². The molecule has 2 amide bonds. The molecule has 24 heavy (non-hydrogen) atoms. The van der Waals surface area contributed by atoms with Gasteiger partial charge in [0, 0.05) is 16.0 Å². The van der Waals surface area contributed by atoms with Gasteiger partial charge in [-0.1, -0.05) is 23.7 Å². The van der Waals surface area contributed by atoms with Crippen molar-refractivity contribution < 1.29 is 9.59 Å². The highest BCUT2D eigenvalue weighted by Gasteiger charge is 2.13. The first-order chi connectivity index (χ1) is 11.5. The molecular formula is C18H19ClN2O2S. The topological polar surface area (TPSA) is 58.2 Å². The fourth-order valence-corrected chi connectivity index (χ4v) is 2.82. The molecule has 126 valence electrons. The lowest BCUT2D eigenvalue weighted by Crippen LogP contribution is -2.31. The molecule has 0 spiro atoms. The van der Waals surface area contributed by atoms with Gasteiger partial charge in [-0.3, -0.25) is 9.59 Å². The number of halogens is 1. The minimum atomic E-state index is -0.203. The van der Waals surface area contributed by atoms with E-state index >= 15 is 0 Å². The molecule has 0 aliphatic rings. The van der Waals surface area contributed by atoms with Gasteiger partial charge in [-0.15, -0.1) is 11.8 Å². The van der Waals surface area contributed by atoms with Crippen LogP contribution in [0.25, 0.3) is 0 Å². The summed E-state index contributed by atoms with van der Waals surface area (Å²) in [5.41, 5.74) is 0.966. The van der Waals surface area contributed by atoms with E-state index in [-0.39, 0.29) is 23.6 Å². The van der Waals surface area contributed by atoms with Crippen molar-refractivity contribution in [3.8, 4) is 0 Å². The van der Waals surface area contributed by atoms with E-state index in [0.29, 0.717) is 16.3 Å². The fourth-order valence-electron chi connectivity index (χ4n) is 2.00. The minimum absolute atomic E-state index is 0.0294. The maximum atomic E-state index is 12.2. The van der Waals surface area contributed by atoms with Crippen LogP contribution in [0.1, 0.15) is 24.2 Å². The van der Waals surface area contributed by atoms with Crippen molar-refractivity contribution in [2.45, 2.75) is 24.8 Å². The van der Waals surface area contributed by atoms with Crippen molar-refractivity contribution in [1.29, 1.82) is 0 Å². The zero-order valence-electron chi connectivity index (χ0n) is 13.5. The molecule has 0 atom stereocenters. The second-order valence-electron chi connectivity index (χ2n) is 5.46. The number of nitrogens with one attached hydrogen (secondary N) is 2. The second-order valence-corrected chi connectivity index (χ2v) is 6.95. The van der Waals surface area contributed by atoms with Crippen LogP contribution in [0.2, 0.25) is 5.02 Å². The highest BCUT2D eigenvalue weighted by Crippen LogP contribution is 2.21. The Morgan fingerprint density at radius 1 is 1.08 bits per heavy atom. The smallest absolute Gasteiger partial charge is 0.253 e. The van der Waals surface area contributed by atoms with Crippen molar-refractivity contribution in [3.05, 3.63) is 59.1 Å². The van der Waals surface area contributed by atoms with Gasteiger partial charge in [0.05, 0.1) is 17.0 Å². The Morgan fingerprint density at radius 3 is 2.42 bits per heavy atom. The molecule has 0 radical (unpaired) electrons. The summed E-state index contributed by atoms with van der Waals surface area (Å²) in [6, 6.07) is 14.3. The molecule has 0 unspecified atom stereocenters. The second kappa shape index (κ2) is 8.76. The van der Waals surface area contributed by atoms with Crippen LogP contribution in [-0.4, -0.2) is 23.6 Å². The van der Waals surface area contributed by atoms with Crippen LogP contribution < -0.4 is 10.6 Å². The van der Waals surface area contributed by atoms with Gasteiger partial charge in [0.15, 0.2) is 0 Å². The van der Waals surface area contributed by atoms with E-state index in [9.17, 15) is 9.59 Å². The number of hydrogen-bond donors (Lipinski definition) is 2. The molecule has 6 heteroatoms. The Morgan fingerprint density at radius 2 is 1.75 bits per heavy atom. The predicted octanol–water partition coefficient (Wildman–Crippen LogP) is 4.21. The molecule has 2 aromatic carbocycles. The minimum Gasteiger partial charge on any atom is -0.350 e. The number of carbonyl (C=O) groups is 2. The number of para-hydroxylation sites is 1. The third-order valence-electron chi connectivity index (χ3n) is 3.05. The number of amides is 2. The van der Waals surface area contributed by atoms with Gasteiger partial charge < -0.3 is 10.6 Å². The van der Waals surface area contributed by atoms with Gasteiger partial charge in [-0.25, -0.2) is 0 Å². The van der Waals surface area contributed by atoms with E-state index in [1.54, 1.807) is 36.4 Å². The van der Waals surface area contributed by atoms with Crippen LogP contribution in [-0.2, 0) is 4.79 Å². The maximum absolute atomic E-state index is 12.2. The number of rotatable bonds is 6. The first-order valence-corrected chi connectivity index (χ1v) is 8.90. The van der Waals surface area contributed by atoms with Crippen molar-refractivity contribution in [1.82, 2.24) is 5.32 Å². The summed E-state index contributed by atoms with van der Waals surface area (Å²) in [6.07, 6.45) is 0. The van der Waals surface area contributed by atoms with Gasteiger partial charge in [0.1, 0.15) is 0 Å². The van der Waals surface area contributed by atoms with Gasteiger partial charge in [-0.2, -0.15) is 0 Å². The molecule has 4 nitrogen and oxygen atoms in total. The largest absolute Gasteiger partial charge is 0.350 e. The van der Waals surface area contributed by atoms with Crippen LogP contribution in [0.5, 0.6) is 0 Å². The Labute approximate surface area is 151 Å². The Bertz CT molecular complexity index is 717. The van der Waals surface area contributed by atoms with E-state index in [2.05, 4.69) is 10.6 Å². The lowest BCUT2D eigenvalue weighted by atomic mass is 10.1. The predicted molar refractivity (Wildman–Crippen MR) is 99.8 cm³/mol. The highest BCUT2D eigenvalue weighted by molar-refractivity contribution is 8.00. The Kier molecular flexibility index (Phi) is 6.70. The quantitative estimate of drug-likeness (QED) is 0.757. The average Bonchev–Trinajstić information content (AvgIpc) is 2.54. The van der Waals surface area contributed by atoms with Crippen LogP contribution in [0.15, 0.2) is 53.4 Å². The summed E-state index contributed by atoms with van der Waals surface area (Å²) in [7, 11) is 0. The Balaban J connectivity index is 1.98. The van der Waals surface area contributed by atoms with Crippen LogP contribution in [0, 0.1) is 0 Å². The molecule has 0 saturated heterocycles. The number of carbonyl (C=O) groups excluding carboxylic acids is 2. The van der Waals surface area contributed by atoms with Gasteiger partial charge in [0.25, 0.3) is 5.91 Å². The summed E-state index contributed by atoms with van der Waals surface area (Å²) in [4.78, 5) is 25.3. The third-order valence-corrected chi connectivity index (χ3v) is 4.31. The molecule has 2 N–H and O–H groups in total. The third kappa shape index (κ3) is 5.58. The maximum Gasteiger partial charge on any atom is 0.253 e. The van der Waals surface area contributed by atoms with Gasteiger partial charge >= 0.3 is 0 Å². The number of anilines is 1. The first-order valence-electron chi connectivity index (χ1n) is 7.54. The molecule has 2 aromatic rings. The zero-order valence-corrected chi connectivity index (χ0v) is 15.1. The lowest BCUT2D eigenvalue weighted by Gasteiger charge is -2.13. The summed E-state index contributed by atoms with van der Waals surface area (Å²) in [5, 5.41) is 6.29. The SMILES string of the molecule is CC(C)NC(=O)c1ccccc1NC(=O)CSc1ccc(Cl)cc1. The van der Waals surface area contributed by atoms with E-state index < -0.39 is 0 Å². The van der Waals surface area contributed by atoms with Crippen molar-refractivity contribution in [2.75, 3.05) is 11.1 Å². The van der Waals surface area contributed by atoms with Crippen LogP contribution in [0.3, 0.4) is 0 Å². The van der Waals surface area contributed by atoms with Crippen molar-refractivity contribution in [2.24, 2.45) is 0 Å². The number of benzene rings is 2. The molecule has 0 aromatic heterocycles. The number of hydrogen-bond acceptors (Lipinski definition) is 3. The molecule has 2 rings (SSSR count). The molecule has 0 heterocycles. The molecule has 0 saturated carbocycles. The summed E-state index contributed by atoms with van der Waals surface area (Å²) in [5.74, 6) is -0.118. The van der Waals surface area contributed by atoms with E-state index in [1.165, 1.54) is 11.8 Å². The average molecular weight is 363 g/mol. The zero-order chi connectivity index (χ0) is 17.5. The van der Waals surface area contributed by atoms with E-state index in [0.717, 1.165) is 4.90 Å². The number of thioether (sulfide) groups is 1. The molecule has 0 aliphatic carbocycles. The molecule has 0 aliphatic heterocycles. The normalized spacial score (nSPS) is 10.5. The lowest BCUT2D eigenvalue weighted by molar-refractivity contribution is -0.113. The standard InChI is InChI=1S/C18H19ClN2O2S/c1-12(2)20-18(23)15-5-3-4-6-16(15)21-17(22)11-24-14-9-7-13(19)8-10-14/h3-10,12H,11H2,1-2H3,(H,20,23)(H,21,22). The summed E-state index contributed by atoms with van der Waals surface area (Å²) in [6.45, 7) is 3.78. The molecule has 0 fully saturated rings. The van der Waals surface area contributed by atoms with Crippen LogP contribution in [0.4, 0.5) is 5.69 Å². The summed E-state index contributed by atoms with van der Waals surface area (Å²) < 4.78 is 0. The molecular weight excluding hydrogens is 344 g/mol. The molecule has 0 bridgehead atoms. The Hall–Kier alpha value is -1.98. The van der Waals surface area contributed by atoms with Crippen molar-refractivity contribution in [3.63, 3.8) is 0 Å². The highest BCUT2D eigenvalue weighted by atomic mass is 35.5. The van der Waals surface area contributed by atoms with E-state index in [4.69, 9.17) is 11.6 Å². The van der Waals surface area contributed by atoms with E-state index in [1.807, 2.05) is 26.0 Å².